The van der Waals surface area contributed by atoms with Gasteiger partial charge in [0.2, 0.25) is 5.91 Å². The number of hydrogen-bond donors (Lipinski definition) is 1. The van der Waals surface area contributed by atoms with Crippen LogP contribution in [0.1, 0.15) is 25.7 Å². The molecule has 31 heavy (non-hydrogen) atoms. The Balaban J connectivity index is 1.24. The lowest BCUT2D eigenvalue weighted by molar-refractivity contribution is -0.114. The number of ether oxygens (including phenoxy) is 2. The molecule has 0 atom stereocenters. The minimum Gasteiger partial charge on any atom is -0.448 e. The molecule has 2 heterocycles. The van der Waals surface area contributed by atoms with Gasteiger partial charge in [-0.05, 0) is 42.5 Å². The third-order valence-electron chi connectivity index (χ3n) is 6.15. The lowest BCUT2D eigenvalue weighted by Crippen LogP contribution is -2.35. The van der Waals surface area contributed by atoms with Crippen molar-refractivity contribution in [3.8, 4) is 11.5 Å². The van der Waals surface area contributed by atoms with Gasteiger partial charge in [-0.3, -0.25) is 9.10 Å². The highest BCUT2D eigenvalue weighted by molar-refractivity contribution is 7.93. The molecule has 1 aliphatic carbocycles. The monoisotopic (exact) mass is 436 g/mol. The third kappa shape index (κ3) is 2.78. The normalized spacial score (nSPS) is 19.3. The van der Waals surface area contributed by atoms with Crippen molar-refractivity contribution in [3.63, 3.8) is 0 Å². The van der Waals surface area contributed by atoms with Gasteiger partial charge in [-0.15, -0.1) is 0 Å². The average molecular weight is 436 g/mol. The highest BCUT2D eigenvalue weighted by Gasteiger charge is 2.44. The summed E-state index contributed by atoms with van der Waals surface area (Å²) >= 11 is 0. The number of rotatable bonds is 3. The van der Waals surface area contributed by atoms with Crippen LogP contribution in [0.5, 0.6) is 11.5 Å². The second-order valence-electron chi connectivity index (χ2n) is 8.17. The van der Waals surface area contributed by atoms with E-state index in [4.69, 9.17) is 9.47 Å². The molecule has 0 unspecified atom stereocenters. The first-order chi connectivity index (χ1) is 15.0. The standard InChI is InChI=1S/C23H20N2O5S/c26-21(24-16-9-10-18-19(13-16)30-23(29-18)11-1-2-12-23)14-25-17-7-3-5-15-6-4-8-20(22(15)17)31(25,27)28/h3-10,13H,1-2,11-12,14H2,(H,24,26). The summed E-state index contributed by atoms with van der Waals surface area (Å²) < 4.78 is 39.3. The largest absolute Gasteiger partial charge is 0.448 e. The fourth-order valence-electron chi connectivity index (χ4n) is 4.75. The van der Waals surface area contributed by atoms with E-state index in [0.717, 1.165) is 31.1 Å². The molecule has 0 aromatic heterocycles. The summed E-state index contributed by atoms with van der Waals surface area (Å²) in [5, 5.41) is 4.28. The minimum atomic E-state index is -3.78. The molecule has 0 radical (unpaired) electrons. The Morgan fingerprint density at radius 2 is 1.74 bits per heavy atom. The Labute approximate surface area is 179 Å². The first-order valence-corrected chi connectivity index (χ1v) is 11.8. The number of hydrogen-bond acceptors (Lipinski definition) is 5. The maximum Gasteiger partial charge on any atom is 0.265 e. The van der Waals surface area contributed by atoms with Gasteiger partial charge in [-0.1, -0.05) is 24.3 Å². The van der Waals surface area contributed by atoms with E-state index in [1.165, 1.54) is 4.31 Å². The molecule has 7 nitrogen and oxygen atoms in total. The summed E-state index contributed by atoms with van der Waals surface area (Å²) in [6, 6.07) is 15.8. The SMILES string of the molecule is O=C(CN1c2cccc3cccc(c23)S1(=O)=O)Nc1ccc2c(c1)OC1(CCCC1)O2. The van der Waals surface area contributed by atoms with Gasteiger partial charge in [0, 0.05) is 30.0 Å². The molecule has 1 spiro atoms. The summed E-state index contributed by atoms with van der Waals surface area (Å²) in [7, 11) is -3.78. The van der Waals surface area contributed by atoms with Crippen LogP contribution in [0.3, 0.4) is 0 Å². The van der Waals surface area contributed by atoms with Crippen molar-refractivity contribution >= 4 is 38.1 Å². The highest BCUT2D eigenvalue weighted by atomic mass is 32.2. The molecular weight excluding hydrogens is 416 g/mol. The zero-order valence-corrected chi connectivity index (χ0v) is 17.4. The molecular formula is C23H20N2O5S. The molecule has 1 fully saturated rings. The summed E-state index contributed by atoms with van der Waals surface area (Å²) in [5.74, 6) is 0.275. The summed E-state index contributed by atoms with van der Waals surface area (Å²) in [6.45, 7) is -0.311. The highest BCUT2D eigenvalue weighted by Crippen LogP contribution is 2.47. The summed E-state index contributed by atoms with van der Waals surface area (Å²) in [4.78, 5) is 13.0. The number of carbonyl (C=O) groups is 1. The average Bonchev–Trinajstić information content (AvgIpc) is 3.41. The van der Waals surface area contributed by atoms with Crippen LogP contribution in [0.2, 0.25) is 0 Å². The Hall–Kier alpha value is -3.26. The van der Waals surface area contributed by atoms with Gasteiger partial charge >= 0.3 is 0 Å². The molecule has 6 rings (SSSR count). The number of fused-ring (bicyclic) bond motifs is 1. The van der Waals surface area contributed by atoms with E-state index in [1.54, 1.807) is 42.5 Å². The van der Waals surface area contributed by atoms with Crippen molar-refractivity contribution in [2.24, 2.45) is 0 Å². The quantitative estimate of drug-likeness (QED) is 0.670. The van der Waals surface area contributed by atoms with Crippen molar-refractivity contribution < 1.29 is 22.7 Å². The van der Waals surface area contributed by atoms with Crippen molar-refractivity contribution in [1.82, 2.24) is 0 Å². The number of sulfonamides is 1. The van der Waals surface area contributed by atoms with Crippen LogP contribution >= 0.6 is 0 Å². The molecule has 3 aliphatic rings. The Bertz CT molecular complexity index is 1340. The molecule has 158 valence electrons. The van der Waals surface area contributed by atoms with Crippen LogP contribution in [-0.4, -0.2) is 26.7 Å². The molecule has 3 aromatic carbocycles. The van der Waals surface area contributed by atoms with Gasteiger partial charge in [-0.2, -0.15) is 0 Å². The summed E-state index contributed by atoms with van der Waals surface area (Å²) in [5.41, 5.74) is 1.06. The Morgan fingerprint density at radius 3 is 2.55 bits per heavy atom. The van der Waals surface area contributed by atoms with Crippen LogP contribution in [-0.2, 0) is 14.8 Å². The molecule has 1 amide bonds. The fraction of sp³-hybridized carbons (Fsp3) is 0.261. The van der Waals surface area contributed by atoms with E-state index in [9.17, 15) is 13.2 Å². The van der Waals surface area contributed by atoms with Gasteiger partial charge in [0.25, 0.3) is 15.8 Å². The van der Waals surface area contributed by atoms with Crippen LogP contribution in [0.25, 0.3) is 10.8 Å². The van der Waals surface area contributed by atoms with E-state index in [-0.39, 0.29) is 11.4 Å². The Morgan fingerprint density at radius 1 is 1.00 bits per heavy atom. The molecule has 2 aliphatic heterocycles. The van der Waals surface area contributed by atoms with Crippen LogP contribution in [0.4, 0.5) is 11.4 Å². The van der Waals surface area contributed by atoms with Gasteiger partial charge in [0.15, 0.2) is 11.5 Å². The van der Waals surface area contributed by atoms with E-state index in [0.29, 0.717) is 28.3 Å². The van der Waals surface area contributed by atoms with Crippen molar-refractivity contribution in [3.05, 3.63) is 54.6 Å². The van der Waals surface area contributed by atoms with Gasteiger partial charge in [0.1, 0.15) is 6.54 Å². The summed E-state index contributed by atoms with van der Waals surface area (Å²) in [6.07, 6.45) is 3.83. The van der Waals surface area contributed by atoms with E-state index >= 15 is 0 Å². The van der Waals surface area contributed by atoms with Gasteiger partial charge in [0.05, 0.1) is 10.6 Å². The van der Waals surface area contributed by atoms with E-state index in [2.05, 4.69) is 5.32 Å². The van der Waals surface area contributed by atoms with Crippen molar-refractivity contribution in [2.45, 2.75) is 36.4 Å². The van der Waals surface area contributed by atoms with Crippen LogP contribution in [0.15, 0.2) is 59.5 Å². The smallest absolute Gasteiger partial charge is 0.265 e. The van der Waals surface area contributed by atoms with E-state index < -0.39 is 21.7 Å². The predicted molar refractivity (Wildman–Crippen MR) is 116 cm³/mol. The zero-order chi connectivity index (χ0) is 21.2. The topological polar surface area (TPSA) is 84.9 Å². The molecule has 0 saturated heterocycles. The lowest BCUT2D eigenvalue weighted by Gasteiger charge is -2.21. The molecule has 0 bridgehead atoms. The second-order valence-corrected chi connectivity index (χ2v) is 10.0. The minimum absolute atomic E-state index is 0.235. The van der Waals surface area contributed by atoms with Crippen molar-refractivity contribution in [2.75, 3.05) is 16.2 Å². The second kappa shape index (κ2) is 6.37. The number of nitrogens with zero attached hydrogens (tertiary/aromatic N) is 1. The number of nitrogens with one attached hydrogen (secondary N) is 1. The Kier molecular flexibility index (Phi) is 3.80. The number of carbonyl (C=O) groups excluding carboxylic acids is 1. The molecule has 1 N–H and O–H groups in total. The predicted octanol–water partition coefficient (Wildman–Crippen LogP) is 4.03. The molecule has 3 aromatic rings. The van der Waals surface area contributed by atoms with Gasteiger partial charge in [-0.25, -0.2) is 8.42 Å². The zero-order valence-electron chi connectivity index (χ0n) is 16.6. The number of amides is 1. The maximum absolute atomic E-state index is 13.1. The van der Waals surface area contributed by atoms with Crippen LogP contribution < -0.4 is 19.1 Å². The lowest BCUT2D eigenvalue weighted by atomic mass is 10.1. The van der Waals surface area contributed by atoms with Gasteiger partial charge < -0.3 is 14.8 Å². The molecule has 1 saturated carbocycles. The third-order valence-corrected chi connectivity index (χ3v) is 7.96. The number of anilines is 2. The molecule has 8 heteroatoms. The van der Waals surface area contributed by atoms with Crippen LogP contribution in [0, 0.1) is 0 Å². The maximum atomic E-state index is 13.1. The first kappa shape index (κ1) is 18.5. The first-order valence-electron chi connectivity index (χ1n) is 10.3. The van der Waals surface area contributed by atoms with E-state index in [1.807, 2.05) is 12.1 Å². The van der Waals surface area contributed by atoms with Crippen molar-refractivity contribution in [1.29, 1.82) is 0 Å². The number of benzene rings is 3. The fourth-order valence-corrected chi connectivity index (χ4v) is 6.42.